The molecule has 32 heavy (non-hydrogen) atoms. The Morgan fingerprint density at radius 2 is 1.28 bits per heavy atom. The summed E-state index contributed by atoms with van der Waals surface area (Å²) in [6, 6.07) is -5.24. The van der Waals surface area contributed by atoms with E-state index in [0.29, 0.717) is 0 Å². The molecule has 5 amide bonds. The second-order valence-corrected chi connectivity index (χ2v) is 7.49. The van der Waals surface area contributed by atoms with Crippen LogP contribution in [0.2, 0.25) is 0 Å². The van der Waals surface area contributed by atoms with E-state index in [0.717, 1.165) is 0 Å². The highest BCUT2D eigenvalue weighted by Gasteiger charge is 2.31. The number of primary amides is 2. The van der Waals surface area contributed by atoms with Crippen molar-refractivity contribution in [2.45, 2.75) is 63.7 Å². The van der Waals surface area contributed by atoms with Gasteiger partial charge in [0.15, 0.2) is 0 Å². The summed E-state index contributed by atoms with van der Waals surface area (Å²) in [7, 11) is 0. The van der Waals surface area contributed by atoms with Crippen LogP contribution in [0.25, 0.3) is 0 Å². The van der Waals surface area contributed by atoms with Crippen molar-refractivity contribution in [3.05, 3.63) is 0 Å². The van der Waals surface area contributed by atoms with Gasteiger partial charge in [0.1, 0.15) is 18.1 Å². The van der Waals surface area contributed by atoms with Gasteiger partial charge in [0.2, 0.25) is 29.5 Å². The highest BCUT2D eigenvalue weighted by atomic mass is 16.4. The summed E-state index contributed by atoms with van der Waals surface area (Å²) in [6.07, 6.45) is -0.737. The molecule has 0 aromatic rings. The van der Waals surface area contributed by atoms with Crippen molar-refractivity contribution in [1.82, 2.24) is 16.0 Å². The number of hydrogen-bond acceptors (Lipinski definition) is 8. The van der Waals surface area contributed by atoms with Crippen LogP contribution in [0.5, 0.6) is 0 Å². The lowest BCUT2D eigenvalue weighted by molar-refractivity contribution is -0.143. The Morgan fingerprint density at radius 1 is 0.781 bits per heavy atom. The van der Waals surface area contributed by atoms with Crippen LogP contribution in [0.4, 0.5) is 0 Å². The molecule has 11 N–H and O–H groups in total. The van der Waals surface area contributed by atoms with Gasteiger partial charge in [-0.1, -0.05) is 13.8 Å². The number of hydrogen-bond donors (Lipinski definition) is 8. The fourth-order valence-electron chi connectivity index (χ4n) is 2.50. The molecule has 14 heteroatoms. The second kappa shape index (κ2) is 13.9. The molecule has 0 aliphatic rings. The number of carbonyl (C=O) groups excluding carboxylic acids is 5. The van der Waals surface area contributed by atoms with Crippen molar-refractivity contribution in [2.75, 3.05) is 6.61 Å². The van der Waals surface area contributed by atoms with Crippen molar-refractivity contribution in [3.63, 3.8) is 0 Å². The molecule has 0 bridgehead atoms. The summed E-state index contributed by atoms with van der Waals surface area (Å²) in [6.45, 7) is 2.34. The van der Waals surface area contributed by atoms with Gasteiger partial charge in [-0.3, -0.25) is 24.0 Å². The van der Waals surface area contributed by atoms with Crippen molar-refractivity contribution in [1.29, 1.82) is 0 Å². The Bertz CT molecular complexity index is 714. The van der Waals surface area contributed by atoms with Crippen molar-refractivity contribution < 1.29 is 39.0 Å². The maximum atomic E-state index is 12.6. The largest absolute Gasteiger partial charge is 0.480 e. The third-order valence-corrected chi connectivity index (χ3v) is 4.39. The zero-order valence-electron chi connectivity index (χ0n) is 18.0. The molecule has 0 fully saturated rings. The lowest BCUT2D eigenvalue weighted by Crippen LogP contribution is -2.59. The molecule has 0 aromatic carbocycles. The van der Waals surface area contributed by atoms with E-state index < -0.39 is 72.2 Å². The third kappa shape index (κ3) is 10.7. The van der Waals surface area contributed by atoms with Crippen LogP contribution in [-0.2, 0) is 28.8 Å². The number of aliphatic carboxylic acids is 1. The van der Waals surface area contributed by atoms with Crippen LogP contribution < -0.4 is 33.2 Å². The molecule has 0 aromatic heterocycles. The Balaban J connectivity index is 5.15. The van der Waals surface area contributed by atoms with Gasteiger partial charge in [0.05, 0.1) is 12.6 Å². The highest BCUT2D eigenvalue weighted by molar-refractivity contribution is 5.94. The van der Waals surface area contributed by atoms with Crippen molar-refractivity contribution >= 4 is 35.5 Å². The normalized spacial score (nSPS) is 14.5. The van der Waals surface area contributed by atoms with E-state index >= 15 is 0 Å². The van der Waals surface area contributed by atoms with E-state index in [2.05, 4.69) is 16.0 Å². The predicted molar refractivity (Wildman–Crippen MR) is 110 cm³/mol. The first kappa shape index (κ1) is 28.7. The molecule has 182 valence electrons. The first-order valence-electron chi connectivity index (χ1n) is 9.87. The van der Waals surface area contributed by atoms with Gasteiger partial charge in [-0.05, 0) is 18.8 Å². The summed E-state index contributed by atoms with van der Waals surface area (Å²) in [5.41, 5.74) is 15.6. The Hall–Kier alpha value is -3.26. The van der Waals surface area contributed by atoms with Gasteiger partial charge < -0.3 is 43.4 Å². The van der Waals surface area contributed by atoms with Crippen LogP contribution >= 0.6 is 0 Å². The number of carbonyl (C=O) groups is 6. The molecule has 4 atom stereocenters. The Kier molecular flexibility index (Phi) is 12.5. The molecule has 0 aliphatic carbocycles. The number of nitrogens with one attached hydrogen (secondary N) is 3. The molecule has 0 saturated heterocycles. The van der Waals surface area contributed by atoms with E-state index in [4.69, 9.17) is 17.2 Å². The second-order valence-electron chi connectivity index (χ2n) is 7.49. The van der Waals surface area contributed by atoms with Crippen LogP contribution in [0.1, 0.15) is 39.5 Å². The first-order chi connectivity index (χ1) is 14.8. The van der Waals surface area contributed by atoms with E-state index in [1.165, 1.54) is 0 Å². The number of aliphatic hydroxyl groups is 1. The van der Waals surface area contributed by atoms with E-state index in [1.807, 2.05) is 0 Å². The van der Waals surface area contributed by atoms with E-state index in [1.54, 1.807) is 13.8 Å². The number of amides is 5. The average molecular weight is 460 g/mol. The van der Waals surface area contributed by atoms with Crippen LogP contribution in [0.3, 0.4) is 0 Å². The fourth-order valence-corrected chi connectivity index (χ4v) is 2.50. The quantitative estimate of drug-likeness (QED) is 0.118. The topological polar surface area (TPSA) is 257 Å². The molecular weight excluding hydrogens is 428 g/mol. The fraction of sp³-hybridized carbons (Fsp3) is 0.667. The highest BCUT2D eigenvalue weighted by Crippen LogP contribution is 2.06. The minimum absolute atomic E-state index is 0.0696. The van der Waals surface area contributed by atoms with Crippen LogP contribution in [0.15, 0.2) is 0 Å². The molecule has 4 unspecified atom stereocenters. The number of carboxylic acid groups (broad SMARTS) is 1. The maximum Gasteiger partial charge on any atom is 0.326 e. The first-order valence-corrected chi connectivity index (χ1v) is 9.87. The maximum absolute atomic E-state index is 12.6. The molecule has 0 aliphatic heterocycles. The van der Waals surface area contributed by atoms with E-state index in [-0.39, 0.29) is 25.7 Å². The van der Waals surface area contributed by atoms with Gasteiger partial charge in [-0.2, -0.15) is 0 Å². The number of rotatable bonds is 15. The SMILES string of the molecule is CC(C)C(NC(=O)C(CO)NC(=O)C(N)CCC(N)=O)C(=O)NC(CCC(N)=O)C(=O)O. The summed E-state index contributed by atoms with van der Waals surface area (Å²) in [4.78, 5) is 70.1. The minimum atomic E-state index is -1.46. The van der Waals surface area contributed by atoms with Gasteiger partial charge in [-0.15, -0.1) is 0 Å². The third-order valence-electron chi connectivity index (χ3n) is 4.39. The van der Waals surface area contributed by atoms with E-state index in [9.17, 15) is 39.0 Å². The van der Waals surface area contributed by atoms with Gasteiger partial charge in [0.25, 0.3) is 0 Å². The zero-order chi connectivity index (χ0) is 25.0. The molecule has 0 radical (unpaired) electrons. The van der Waals surface area contributed by atoms with Gasteiger partial charge >= 0.3 is 5.97 Å². The average Bonchev–Trinajstić information content (AvgIpc) is 2.69. The number of carboxylic acids is 1. The summed E-state index contributed by atoms with van der Waals surface area (Å²) in [5.74, 6) is -5.87. The lowest BCUT2D eigenvalue weighted by Gasteiger charge is -2.26. The molecule has 0 saturated carbocycles. The lowest BCUT2D eigenvalue weighted by atomic mass is 10.0. The Labute approximate surface area is 184 Å². The molecule has 0 rings (SSSR count). The Morgan fingerprint density at radius 3 is 1.72 bits per heavy atom. The monoisotopic (exact) mass is 460 g/mol. The molecular formula is C18H32N6O8. The molecule has 14 nitrogen and oxygen atoms in total. The number of nitrogens with two attached hydrogens (primary N) is 3. The van der Waals surface area contributed by atoms with Crippen LogP contribution in [0, 0.1) is 5.92 Å². The van der Waals surface area contributed by atoms with Gasteiger partial charge in [0, 0.05) is 12.8 Å². The summed E-state index contributed by atoms with van der Waals surface area (Å²) < 4.78 is 0. The van der Waals surface area contributed by atoms with Crippen LogP contribution in [-0.4, -0.2) is 76.5 Å². The smallest absolute Gasteiger partial charge is 0.326 e. The van der Waals surface area contributed by atoms with Crippen molar-refractivity contribution in [3.8, 4) is 0 Å². The number of aliphatic hydroxyl groups excluding tert-OH is 1. The molecule has 0 spiro atoms. The standard InChI is InChI=1S/C18H32N6O8/c1-8(2)14(17(30)22-10(18(31)32)4-6-13(21)27)24-16(29)11(7-25)23-15(28)9(19)3-5-12(20)26/h8-11,14,25H,3-7,19H2,1-2H3,(H2,20,26)(H2,21,27)(H,22,30)(H,23,28)(H,24,29)(H,31,32). The molecule has 0 heterocycles. The minimum Gasteiger partial charge on any atom is -0.480 e. The van der Waals surface area contributed by atoms with Gasteiger partial charge in [-0.25, -0.2) is 4.79 Å². The van der Waals surface area contributed by atoms with Crippen molar-refractivity contribution in [2.24, 2.45) is 23.1 Å². The summed E-state index contributed by atoms with van der Waals surface area (Å²) >= 11 is 0. The zero-order valence-corrected chi connectivity index (χ0v) is 18.0. The summed E-state index contributed by atoms with van der Waals surface area (Å²) in [5, 5.41) is 25.5. The predicted octanol–water partition coefficient (Wildman–Crippen LogP) is -3.97.